The molecule has 0 bridgehead atoms. The molecule has 2 aromatic rings. The minimum atomic E-state index is -0.140. The number of urea groups is 1. The van der Waals surface area contributed by atoms with Crippen molar-refractivity contribution in [3.05, 3.63) is 52.2 Å². The Morgan fingerprint density at radius 3 is 2.96 bits per heavy atom. The molecule has 1 aliphatic rings. The molecule has 0 aliphatic carbocycles. The van der Waals surface area contributed by atoms with Crippen LogP contribution in [0.15, 0.2) is 41.1 Å². The van der Waals surface area contributed by atoms with Gasteiger partial charge in [0.15, 0.2) is 0 Å². The molecule has 3 rings (SSSR count). The lowest BCUT2D eigenvalue weighted by Gasteiger charge is -2.28. The summed E-state index contributed by atoms with van der Waals surface area (Å²) in [6.45, 7) is 1.19. The average Bonchev–Trinajstić information content (AvgIpc) is 3.09. The van der Waals surface area contributed by atoms with Crippen LogP contribution in [0, 0.1) is 0 Å². The number of amides is 2. The minimum absolute atomic E-state index is 0.00564. The summed E-state index contributed by atoms with van der Waals surface area (Å²) in [7, 11) is 4.05. The van der Waals surface area contributed by atoms with Gasteiger partial charge in [0, 0.05) is 18.5 Å². The largest absolute Gasteiger partial charge is 0.493 e. The van der Waals surface area contributed by atoms with Gasteiger partial charge in [-0.3, -0.25) is 0 Å². The highest BCUT2D eigenvalue weighted by Gasteiger charge is 2.23. The lowest BCUT2D eigenvalue weighted by atomic mass is 10.0. The van der Waals surface area contributed by atoms with Gasteiger partial charge in [0.1, 0.15) is 5.75 Å². The summed E-state index contributed by atoms with van der Waals surface area (Å²) in [6.07, 6.45) is 0.784. The molecule has 1 aromatic heterocycles. The lowest BCUT2D eigenvalue weighted by molar-refractivity contribution is 0.218. The lowest BCUT2D eigenvalue weighted by Crippen LogP contribution is -2.42. The Morgan fingerprint density at radius 1 is 1.38 bits per heavy atom. The number of benzene rings is 1. The topological polar surface area (TPSA) is 53.6 Å². The van der Waals surface area contributed by atoms with Crippen molar-refractivity contribution in [1.82, 2.24) is 15.5 Å². The van der Waals surface area contributed by atoms with E-state index in [2.05, 4.69) is 32.4 Å². The van der Waals surface area contributed by atoms with Crippen molar-refractivity contribution in [1.29, 1.82) is 0 Å². The number of hydrogen-bond donors (Lipinski definition) is 2. The van der Waals surface area contributed by atoms with Crippen molar-refractivity contribution >= 4 is 17.4 Å². The zero-order valence-corrected chi connectivity index (χ0v) is 14.8. The van der Waals surface area contributed by atoms with E-state index >= 15 is 0 Å². The summed E-state index contributed by atoms with van der Waals surface area (Å²) in [5.41, 5.74) is 2.27. The molecule has 0 saturated carbocycles. The molecule has 2 N–H and O–H groups in total. The molecule has 0 unspecified atom stereocenters. The van der Waals surface area contributed by atoms with Crippen molar-refractivity contribution in [2.45, 2.75) is 18.5 Å². The number of carbonyl (C=O) groups excluding carboxylic acids is 1. The van der Waals surface area contributed by atoms with Gasteiger partial charge < -0.3 is 20.3 Å². The van der Waals surface area contributed by atoms with Crippen LogP contribution in [0.2, 0.25) is 0 Å². The molecular weight excluding hydrogens is 322 g/mol. The Bertz CT molecular complexity index is 673. The van der Waals surface area contributed by atoms with Gasteiger partial charge in [-0.1, -0.05) is 18.2 Å². The molecular formula is C18H23N3O2S. The number of likely N-dealkylation sites (N-methyl/N-ethyl adjacent to an activating group) is 1. The van der Waals surface area contributed by atoms with Crippen LogP contribution < -0.4 is 15.4 Å². The van der Waals surface area contributed by atoms with E-state index in [0.717, 1.165) is 17.7 Å². The van der Waals surface area contributed by atoms with E-state index in [1.165, 1.54) is 5.56 Å². The Kier molecular flexibility index (Phi) is 5.37. The smallest absolute Gasteiger partial charge is 0.315 e. The Morgan fingerprint density at radius 2 is 2.21 bits per heavy atom. The average molecular weight is 345 g/mol. The van der Waals surface area contributed by atoms with E-state index in [0.29, 0.717) is 13.2 Å². The van der Waals surface area contributed by atoms with Gasteiger partial charge in [-0.15, -0.1) is 0 Å². The summed E-state index contributed by atoms with van der Waals surface area (Å²) >= 11 is 1.67. The van der Waals surface area contributed by atoms with Gasteiger partial charge in [-0.25, -0.2) is 4.79 Å². The third-order valence-corrected chi connectivity index (χ3v) is 4.97. The van der Waals surface area contributed by atoms with Crippen LogP contribution in [0.1, 0.15) is 29.6 Å². The number of ether oxygens (including phenoxy) is 1. The molecule has 0 fully saturated rings. The van der Waals surface area contributed by atoms with Crippen LogP contribution in [-0.2, 0) is 0 Å². The van der Waals surface area contributed by atoms with Gasteiger partial charge in [0.25, 0.3) is 0 Å². The summed E-state index contributed by atoms with van der Waals surface area (Å²) in [5, 5.41) is 10.3. The fourth-order valence-corrected chi connectivity index (χ4v) is 3.66. The molecule has 2 heterocycles. The third kappa shape index (κ3) is 3.88. The van der Waals surface area contributed by atoms with Gasteiger partial charge in [-0.2, -0.15) is 11.3 Å². The minimum Gasteiger partial charge on any atom is -0.493 e. The second-order valence-corrected chi connectivity index (χ2v) is 6.90. The van der Waals surface area contributed by atoms with Crippen LogP contribution in [0.3, 0.4) is 0 Å². The first-order valence-corrected chi connectivity index (χ1v) is 9.04. The van der Waals surface area contributed by atoms with Crippen molar-refractivity contribution in [2.75, 3.05) is 27.2 Å². The second kappa shape index (κ2) is 7.68. The van der Waals surface area contributed by atoms with E-state index in [-0.39, 0.29) is 18.1 Å². The molecule has 6 heteroatoms. The maximum absolute atomic E-state index is 12.3. The fourth-order valence-electron chi connectivity index (χ4n) is 2.95. The molecule has 1 aromatic carbocycles. The summed E-state index contributed by atoms with van der Waals surface area (Å²) in [6, 6.07) is 10.00. The van der Waals surface area contributed by atoms with Gasteiger partial charge in [-0.05, 0) is 42.6 Å². The number of thiophene rings is 1. The van der Waals surface area contributed by atoms with Crippen molar-refractivity contribution in [3.8, 4) is 5.75 Å². The molecule has 0 radical (unpaired) electrons. The van der Waals surface area contributed by atoms with Crippen molar-refractivity contribution in [3.63, 3.8) is 0 Å². The van der Waals surface area contributed by atoms with E-state index in [4.69, 9.17) is 4.74 Å². The number of nitrogens with zero attached hydrogens (tertiary/aromatic N) is 1. The first kappa shape index (κ1) is 16.8. The third-order valence-electron chi connectivity index (χ3n) is 4.27. The first-order chi connectivity index (χ1) is 11.6. The maximum Gasteiger partial charge on any atom is 0.315 e. The van der Waals surface area contributed by atoms with E-state index < -0.39 is 0 Å². The standard InChI is InChI=1S/C18H23N3O2S/c1-21(2)16(13-8-10-24-12-13)11-19-18(22)20-15-7-9-23-17-6-4-3-5-14(15)17/h3-6,8,10,12,15-16H,7,9,11H2,1-2H3,(H2,19,20,22)/t15-,16+/m1/s1. The number of carbonyl (C=O) groups is 1. The maximum atomic E-state index is 12.3. The Balaban J connectivity index is 1.58. The molecule has 24 heavy (non-hydrogen) atoms. The van der Waals surface area contributed by atoms with Gasteiger partial charge in [0.05, 0.1) is 18.7 Å². The van der Waals surface area contributed by atoms with Crippen LogP contribution >= 0.6 is 11.3 Å². The van der Waals surface area contributed by atoms with Gasteiger partial charge >= 0.3 is 6.03 Å². The molecule has 2 atom stereocenters. The molecule has 128 valence electrons. The second-order valence-electron chi connectivity index (χ2n) is 6.12. The highest BCUT2D eigenvalue weighted by molar-refractivity contribution is 7.07. The number of hydrogen-bond acceptors (Lipinski definition) is 4. The molecule has 0 saturated heterocycles. The Labute approximate surface area is 146 Å². The van der Waals surface area contributed by atoms with Gasteiger partial charge in [0.2, 0.25) is 0 Å². The summed E-state index contributed by atoms with van der Waals surface area (Å²) in [4.78, 5) is 14.5. The monoisotopic (exact) mass is 345 g/mol. The SMILES string of the molecule is CN(C)[C@@H](CNC(=O)N[C@@H]1CCOc2ccccc21)c1ccsc1. The highest BCUT2D eigenvalue weighted by Crippen LogP contribution is 2.31. The Hall–Kier alpha value is -2.05. The summed E-state index contributed by atoms with van der Waals surface area (Å²) < 4.78 is 5.64. The van der Waals surface area contributed by atoms with Crippen LogP contribution in [-0.4, -0.2) is 38.2 Å². The molecule has 0 spiro atoms. The van der Waals surface area contributed by atoms with Crippen LogP contribution in [0.5, 0.6) is 5.75 Å². The van der Waals surface area contributed by atoms with E-state index in [1.54, 1.807) is 11.3 Å². The number of para-hydroxylation sites is 1. The van der Waals surface area contributed by atoms with Crippen molar-refractivity contribution in [2.24, 2.45) is 0 Å². The number of fused-ring (bicyclic) bond motifs is 1. The van der Waals surface area contributed by atoms with E-state index in [1.807, 2.05) is 38.4 Å². The zero-order chi connectivity index (χ0) is 16.9. The number of rotatable bonds is 5. The quantitative estimate of drug-likeness (QED) is 0.875. The molecule has 1 aliphatic heterocycles. The van der Waals surface area contributed by atoms with Crippen LogP contribution in [0.4, 0.5) is 4.79 Å². The number of nitrogens with one attached hydrogen (secondary N) is 2. The van der Waals surface area contributed by atoms with Crippen molar-refractivity contribution < 1.29 is 9.53 Å². The van der Waals surface area contributed by atoms with E-state index in [9.17, 15) is 4.79 Å². The van der Waals surface area contributed by atoms with Crippen LogP contribution in [0.25, 0.3) is 0 Å². The zero-order valence-electron chi connectivity index (χ0n) is 14.0. The predicted molar refractivity (Wildman–Crippen MR) is 96.6 cm³/mol. The highest BCUT2D eigenvalue weighted by atomic mass is 32.1. The fraction of sp³-hybridized carbons (Fsp3) is 0.389. The molecule has 5 nitrogen and oxygen atoms in total. The normalized spacial score (nSPS) is 17.7. The first-order valence-electron chi connectivity index (χ1n) is 8.10. The predicted octanol–water partition coefficient (Wildman–Crippen LogP) is 3.17. The molecule has 2 amide bonds. The summed E-state index contributed by atoms with van der Waals surface area (Å²) in [5.74, 6) is 0.860.